The molecule has 13 heavy (non-hydrogen) atoms. The predicted molar refractivity (Wildman–Crippen MR) is 60.9 cm³/mol. The minimum atomic E-state index is 0.931. The molecule has 0 radical (unpaired) electrons. The average molecular weight is 182 g/mol. The van der Waals surface area contributed by atoms with Gasteiger partial charge in [-0.3, -0.25) is 4.99 Å². The molecule has 0 bridgehead atoms. The van der Waals surface area contributed by atoms with Gasteiger partial charge in [0.15, 0.2) is 0 Å². The van der Waals surface area contributed by atoms with Gasteiger partial charge in [0.1, 0.15) is 5.84 Å². The first kappa shape index (κ1) is 12.3. The van der Waals surface area contributed by atoms with E-state index in [4.69, 9.17) is 0 Å². The van der Waals surface area contributed by atoms with E-state index in [0.717, 1.165) is 25.2 Å². The van der Waals surface area contributed by atoms with Crippen LogP contribution in [0.25, 0.3) is 0 Å². The average Bonchev–Trinajstić information content (AvgIpc) is 2.16. The van der Waals surface area contributed by atoms with Crippen LogP contribution in [0.5, 0.6) is 0 Å². The molecule has 0 fully saturated rings. The Bertz CT molecular complexity index is 181. The molecule has 0 aromatic rings. The Labute approximate surface area is 82.2 Å². The lowest BCUT2D eigenvalue weighted by Gasteiger charge is -1.99. The van der Waals surface area contributed by atoms with Crippen molar-refractivity contribution in [2.24, 2.45) is 9.98 Å². The van der Waals surface area contributed by atoms with E-state index in [1.54, 1.807) is 0 Å². The number of aliphatic imine (C=N–C) groups is 2. The third-order valence-electron chi connectivity index (χ3n) is 1.95. The Balaban J connectivity index is 4.08. The molecular formula is C11H22N2. The molecule has 0 saturated heterocycles. The van der Waals surface area contributed by atoms with Crippen molar-refractivity contribution < 1.29 is 0 Å². The summed E-state index contributed by atoms with van der Waals surface area (Å²) in [5.74, 6) is 1.01. The van der Waals surface area contributed by atoms with Gasteiger partial charge in [0, 0.05) is 18.7 Å². The van der Waals surface area contributed by atoms with Crippen LogP contribution in [0.2, 0.25) is 0 Å². The standard InChI is InChI=1S/C11H22N2/c1-5-8-9-12-11(7-3)13-10(4)6-2/h5-9H2,1-4H3/b12-11-,13-10-. The normalized spacial score (nSPS) is 13.5. The number of amidine groups is 1. The van der Waals surface area contributed by atoms with Gasteiger partial charge in [-0.15, -0.1) is 0 Å². The summed E-state index contributed by atoms with van der Waals surface area (Å²) in [5.41, 5.74) is 1.18. The Kier molecular flexibility index (Phi) is 7.56. The fourth-order valence-electron chi connectivity index (χ4n) is 0.892. The molecule has 0 saturated carbocycles. The maximum Gasteiger partial charge on any atom is 0.122 e. The van der Waals surface area contributed by atoms with Gasteiger partial charge < -0.3 is 0 Å². The number of nitrogens with zero attached hydrogens (tertiary/aromatic N) is 2. The SMILES string of the molecule is CCCC/N=C(CC)\N=C(\C)CC. The summed E-state index contributed by atoms with van der Waals surface area (Å²) in [6, 6.07) is 0. The lowest BCUT2D eigenvalue weighted by atomic mass is 10.3. The van der Waals surface area contributed by atoms with E-state index in [1.807, 2.05) is 0 Å². The lowest BCUT2D eigenvalue weighted by Crippen LogP contribution is -1.99. The molecule has 0 N–H and O–H groups in total. The quantitative estimate of drug-likeness (QED) is 0.353. The molecule has 0 spiro atoms. The summed E-state index contributed by atoms with van der Waals surface area (Å²) in [6.45, 7) is 9.41. The van der Waals surface area contributed by atoms with Gasteiger partial charge in [-0.2, -0.15) is 0 Å². The minimum Gasteiger partial charge on any atom is -0.271 e. The van der Waals surface area contributed by atoms with Gasteiger partial charge in [0.05, 0.1) is 0 Å². The molecule has 2 nitrogen and oxygen atoms in total. The number of rotatable bonds is 5. The first-order valence-electron chi connectivity index (χ1n) is 5.32. The molecule has 76 valence electrons. The fourth-order valence-corrected chi connectivity index (χ4v) is 0.892. The second-order valence-corrected chi connectivity index (χ2v) is 3.21. The summed E-state index contributed by atoms with van der Waals surface area (Å²) >= 11 is 0. The number of hydrogen-bond acceptors (Lipinski definition) is 1. The van der Waals surface area contributed by atoms with Crippen LogP contribution in [0.4, 0.5) is 0 Å². The van der Waals surface area contributed by atoms with Gasteiger partial charge in [0.2, 0.25) is 0 Å². The molecule has 0 aliphatic heterocycles. The third kappa shape index (κ3) is 6.50. The maximum absolute atomic E-state index is 4.45. The van der Waals surface area contributed by atoms with Crippen molar-refractivity contribution in [3.05, 3.63) is 0 Å². The molecule has 0 heterocycles. The van der Waals surface area contributed by atoms with Crippen LogP contribution >= 0.6 is 0 Å². The van der Waals surface area contributed by atoms with Gasteiger partial charge >= 0.3 is 0 Å². The third-order valence-corrected chi connectivity index (χ3v) is 1.95. The van der Waals surface area contributed by atoms with Gasteiger partial charge in [-0.1, -0.05) is 27.2 Å². The zero-order chi connectivity index (χ0) is 10.1. The highest BCUT2D eigenvalue weighted by molar-refractivity contribution is 5.96. The fraction of sp³-hybridized carbons (Fsp3) is 0.818. The van der Waals surface area contributed by atoms with Crippen LogP contribution in [0.3, 0.4) is 0 Å². The molecule has 0 aliphatic carbocycles. The van der Waals surface area contributed by atoms with Crippen molar-refractivity contribution in [2.45, 2.75) is 53.4 Å². The van der Waals surface area contributed by atoms with E-state index in [1.165, 1.54) is 18.6 Å². The topological polar surface area (TPSA) is 24.7 Å². The summed E-state index contributed by atoms with van der Waals surface area (Å²) in [6.07, 6.45) is 4.34. The largest absolute Gasteiger partial charge is 0.271 e. The van der Waals surface area contributed by atoms with Crippen molar-refractivity contribution in [1.82, 2.24) is 0 Å². The smallest absolute Gasteiger partial charge is 0.122 e. The van der Waals surface area contributed by atoms with Gasteiger partial charge in [-0.25, -0.2) is 4.99 Å². The van der Waals surface area contributed by atoms with E-state index in [9.17, 15) is 0 Å². The number of hydrogen-bond donors (Lipinski definition) is 0. The highest BCUT2D eigenvalue weighted by atomic mass is 14.9. The summed E-state index contributed by atoms with van der Waals surface area (Å²) in [5, 5.41) is 0. The van der Waals surface area contributed by atoms with Crippen LogP contribution in [0.15, 0.2) is 9.98 Å². The molecule has 0 aromatic carbocycles. The Hall–Kier alpha value is -0.660. The van der Waals surface area contributed by atoms with Crippen molar-refractivity contribution in [2.75, 3.05) is 6.54 Å². The van der Waals surface area contributed by atoms with Crippen LogP contribution in [0, 0.1) is 0 Å². The molecule has 0 aliphatic rings. The Morgan fingerprint density at radius 3 is 2.23 bits per heavy atom. The summed E-state index contributed by atoms with van der Waals surface area (Å²) < 4.78 is 0. The zero-order valence-corrected chi connectivity index (χ0v) is 9.43. The van der Waals surface area contributed by atoms with Crippen molar-refractivity contribution in [3.8, 4) is 0 Å². The van der Waals surface area contributed by atoms with E-state index < -0.39 is 0 Å². The van der Waals surface area contributed by atoms with Crippen LogP contribution in [-0.2, 0) is 0 Å². The van der Waals surface area contributed by atoms with Crippen LogP contribution in [0.1, 0.15) is 53.4 Å². The van der Waals surface area contributed by atoms with Crippen LogP contribution in [-0.4, -0.2) is 18.1 Å². The second-order valence-electron chi connectivity index (χ2n) is 3.21. The summed E-state index contributed by atoms with van der Waals surface area (Å²) in [4.78, 5) is 8.90. The van der Waals surface area contributed by atoms with Gasteiger partial charge in [-0.05, 0) is 19.8 Å². The van der Waals surface area contributed by atoms with Crippen LogP contribution < -0.4 is 0 Å². The van der Waals surface area contributed by atoms with Crippen molar-refractivity contribution in [3.63, 3.8) is 0 Å². The predicted octanol–water partition coefficient (Wildman–Crippen LogP) is 3.47. The molecule has 0 aromatic heterocycles. The van der Waals surface area contributed by atoms with Crippen molar-refractivity contribution in [1.29, 1.82) is 0 Å². The number of unbranched alkanes of at least 4 members (excludes halogenated alkanes) is 1. The molecular weight excluding hydrogens is 160 g/mol. The lowest BCUT2D eigenvalue weighted by molar-refractivity contribution is 0.804. The molecule has 2 heteroatoms. The second kappa shape index (κ2) is 7.96. The maximum atomic E-state index is 4.45. The highest BCUT2D eigenvalue weighted by Crippen LogP contribution is 1.95. The summed E-state index contributed by atoms with van der Waals surface area (Å²) in [7, 11) is 0. The molecule has 0 rings (SSSR count). The van der Waals surface area contributed by atoms with Gasteiger partial charge in [0.25, 0.3) is 0 Å². The monoisotopic (exact) mass is 182 g/mol. The highest BCUT2D eigenvalue weighted by Gasteiger charge is 1.93. The zero-order valence-electron chi connectivity index (χ0n) is 9.43. The first-order valence-corrected chi connectivity index (χ1v) is 5.32. The molecule has 0 atom stereocenters. The van der Waals surface area contributed by atoms with Crippen molar-refractivity contribution >= 4 is 11.5 Å². The Morgan fingerprint density at radius 2 is 1.77 bits per heavy atom. The molecule has 0 amide bonds. The van der Waals surface area contributed by atoms with E-state index in [-0.39, 0.29) is 0 Å². The van der Waals surface area contributed by atoms with E-state index in [2.05, 4.69) is 37.7 Å². The first-order chi connectivity index (χ1) is 6.24. The van der Waals surface area contributed by atoms with E-state index >= 15 is 0 Å². The van der Waals surface area contributed by atoms with E-state index in [0.29, 0.717) is 0 Å². The Morgan fingerprint density at radius 1 is 1.08 bits per heavy atom. The minimum absolute atomic E-state index is 0.931. The molecule has 0 unspecified atom stereocenters.